The van der Waals surface area contributed by atoms with Crippen molar-refractivity contribution < 1.29 is 9.90 Å². The largest absolute Gasteiger partial charge is 0.465 e. The molecule has 1 saturated heterocycles. The van der Waals surface area contributed by atoms with E-state index in [-0.39, 0.29) is 11.5 Å². The second-order valence-corrected chi connectivity index (χ2v) is 5.10. The standard InChI is InChI=1S/C10H20N2O2/c1-10(2,3)6-8-7-11-4-5-12(8)9(13)14/h8,11H,4-7H2,1-3H3,(H,13,14)/t8-/m1/s1. The first kappa shape index (κ1) is 11.3. The molecule has 1 heterocycles. The van der Waals surface area contributed by atoms with Crippen molar-refractivity contribution in [2.45, 2.75) is 33.2 Å². The average Bonchev–Trinajstić information content (AvgIpc) is 2.01. The quantitative estimate of drug-likeness (QED) is 0.672. The Morgan fingerprint density at radius 3 is 2.71 bits per heavy atom. The lowest BCUT2D eigenvalue weighted by Gasteiger charge is -2.37. The van der Waals surface area contributed by atoms with Crippen LogP contribution in [-0.4, -0.2) is 41.8 Å². The highest BCUT2D eigenvalue weighted by Crippen LogP contribution is 2.24. The zero-order chi connectivity index (χ0) is 10.8. The Morgan fingerprint density at radius 1 is 1.57 bits per heavy atom. The van der Waals surface area contributed by atoms with E-state index in [1.54, 1.807) is 4.90 Å². The number of hydrogen-bond acceptors (Lipinski definition) is 2. The highest BCUT2D eigenvalue weighted by molar-refractivity contribution is 5.65. The van der Waals surface area contributed by atoms with Gasteiger partial charge in [-0.15, -0.1) is 0 Å². The van der Waals surface area contributed by atoms with Gasteiger partial charge in [0.1, 0.15) is 0 Å². The number of carboxylic acid groups (broad SMARTS) is 1. The summed E-state index contributed by atoms with van der Waals surface area (Å²) in [5.41, 5.74) is 0.178. The monoisotopic (exact) mass is 200 g/mol. The molecule has 1 amide bonds. The average molecular weight is 200 g/mol. The topological polar surface area (TPSA) is 52.6 Å². The molecule has 0 aliphatic carbocycles. The first-order valence-corrected chi connectivity index (χ1v) is 5.10. The number of nitrogens with zero attached hydrogens (tertiary/aromatic N) is 1. The smallest absolute Gasteiger partial charge is 0.407 e. The number of carbonyl (C=O) groups is 1. The van der Waals surface area contributed by atoms with Gasteiger partial charge in [-0.1, -0.05) is 20.8 Å². The van der Waals surface area contributed by atoms with E-state index < -0.39 is 6.09 Å². The minimum atomic E-state index is -0.791. The molecular weight excluding hydrogens is 180 g/mol. The predicted octanol–water partition coefficient (Wildman–Crippen LogP) is 1.37. The molecule has 2 N–H and O–H groups in total. The third-order valence-electron chi connectivity index (χ3n) is 2.44. The van der Waals surface area contributed by atoms with Crippen molar-refractivity contribution in [2.24, 2.45) is 5.41 Å². The second-order valence-electron chi connectivity index (χ2n) is 5.10. The van der Waals surface area contributed by atoms with Gasteiger partial charge in [-0.05, 0) is 11.8 Å². The van der Waals surface area contributed by atoms with Crippen LogP contribution < -0.4 is 5.32 Å². The van der Waals surface area contributed by atoms with E-state index in [9.17, 15) is 4.79 Å². The molecule has 4 heteroatoms. The maximum atomic E-state index is 10.9. The molecule has 1 aliphatic rings. The summed E-state index contributed by atoms with van der Waals surface area (Å²) in [5, 5.41) is 12.2. The van der Waals surface area contributed by atoms with Crippen LogP contribution in [0.5, 0.6) is 0 Å². The summed E-state index contributed by atoms with van der Waals surface area (Å²) in [6, 6.07) is 0.126. The molecule has 1 atom stereocenters. The molecule has 0 spiro atoms. The van der Waals surface area contributed by atoms with Crippen LogP contribution in [-0.2, 0) is 0 Å². The van der Waals surface area contributed by atoms with E-state index in [0.717, 1.165) is 19.5 Å². The van der Waals surface area contributed by atoms with Gasteiger partial charge in [0, 0.05) is 25.7 Å². The molecule has 0 saturated carbocycles. The van der Waals surface area contributed by atoms with Crippen LogP contribution in [0.2, 0.25) is 0 Å². The van der Waals surface area contributed by atoms with Crippen LogP contribution in [0.15, 0.2) is 0 Å². The Labute approximate surface area is 85.3 Å². The number of piperazine rings is 1. The molecule has 14 heavy (non-hydrogen) atoms. The van der Waals surface area contributed by atoms with E-state index in [4.69, 9.17) is 5.11 Å². The zero-order valence-electron chi connectivity index (χ0n) is 9.21. The van der Waals surface area contributed by atoms with Crippen molar-refractivity contribution in [3.63, 3.8) is 0 Å². The Bertz CT molecular complexity index is 211. The van der Waals surface area contributed by atoms with Crippen LogP contribution in [0.25, 0.3) is 0 Å². The van der Waals surface area contributed by atoms with Crippen molar-refractivity contribution in [3.05, 3.63) is 0 Å². The number of nitrogens with one attached hydrogen (secondary N) is 1. The van der Waals surface area contributed by atoms with Gasteiger partial charge < -0.3 is 15.3 Å². The lowest BCUT2D eigenvalue weighted by Crippen LogP contribution is -2.54. The molecule has 4 nitrogen and oxygen atoms in total. The first-order valence-electron chi connectivity index (χ1n) is 5.10. The van der Waals surface area contributed by atoms with Gasteiger partial charge in [-0.25, -0.2) is 4.79 Å². The SMILES string of the molecule is CC(C)(C)C[C@@H]1CNCCN1C(=O)O. The van der Waals surface area contributed by atoms with Gasteiger partial charge in [0.05, 0.1) is 0 Å². The van der Waals surface area contributed by atoms with Gasteiger partial charge in [0.2, 0.25) is 0 Å². The highest BCUT2D eigenvalue weighted by atomic mass is 16.4. The van der Waals surface area contributed by atoms with E-state index in [1.165, 1.54) is 0 Å². The summed E-state index contributed by atoms with van der Waals surface area (Å²) < 4.78 is 0. The Morgan fingerprint density at radius 2 is 2.21 bits per heavy atom. The van der Waals surface area contributed by atoms with E-state index >= 15 is 0 Å². The van der Waals surface area contributed by atoms with E-state index in [1.807, 2.05) is 0 Å². The second kappa shape index (κ2) is 4.17. The normalized spacial score (nSPS) is 23.6. The Kier molecular flexibility index (Phi) is 3.37. The fourth-order valence-electron chi connectivity index (χ4n) is 1.90. The lowest BCUT2D eigenvalue weighted by molar-refractivity contribution is 0.0958. The molecule has 0 unspecified atom stereocenters. The highest BCUT2D eigenvalue weighted by Gasteiger charge is 2.29. The maximum absolute atomic E-state index is 10.9. The minimum absolute atomic E-state index is 0.126. The third-order valence-corrected chi connectivity index (χ3v) is 2.44. The van der Waals surface area contributed by atoms with Crippen LogP contribution in [0.3, 0.4) is 0 Å². The Hall–Kier alpha value is -0.770. The molecule has 0 radical (unpaired) electrons. The molecule has 1 rings (SSSR count). The van der Waals surface area contributed by atoms with Crippen molar-refractivity contribution in [2.75, 3.05) is 19.6 Å². The summed E-state index contributed by atoms with van der Waals surface area (Å²) in [5.74, 6) is 0. The van der Waals surface area contributed by atoms with E-state index in [0.29, 0.717) is 6.54 Å². The third kappa shape index (κ3) is 3.18. The minimum Gasteiger partial charge on any atom is -0.465 e. The summed E-state index contributed by atoms with van der Waals surface area (Å²) in [4.78, 5) is 12.5. The maximum Gasteiger partial charge on any atom is 0.407 e. The molecule has 0 aromatic rings. The van der Waals surface area contributed by atoms with Gasteiger partial charge in [0.25, 0.3) is 0 Å². The number of rotatable bonds is 1. The molecule has 0 aromatic heterocycles. The molecular formula is C10H20N2O2. The fraction of sp³-hybridized carbons (Fsp3) is 0.900. The zero-order valence-corrected chi connectivity index (χ0v) is 9.21. The summed E-state index contributed by atoms with van der Waals surface area (Å²) in [6.45, 7) is 8.58. The summed E-state index contributed by atoms with van der Waals surface area (Å²) in [7, 11) is 0. The first-order chi connectivity index (χ1) is 6.40. The lowest BCUT2D eigenvalue weighted by atomic mass is 9.87. The fourth-order valence-corrected chi connectivity index (χ4v) is 1.90. The molecule has 1 aliphatic heterocycles. The van der Waals surface area contributed by atoms with Gasteiger partial charge in [-0.3, -0.25) is 0 Å². The molecule has 1 fully saturated rings. The molecule has 0 aromatic carbocycles. The van der Waals surface area contributed by atoms with Crippen LogP contribution >= 0.6 is 0 Å². The van der Waals surface area contributed by atoms with Crippen LogP contribution in [0, 0.1) is 5.41 Å². The summed E-state index contributed by atoms with van der Waals surface area (Å²) >= 11 is 0. The van der Waals surface area contributed by atoms with Crippen LogP contribution in [0.4, 0.5) is 4.79 Å². The number of amides is 1. The van der Waals surface area contributed by atoms with Gasteiger partial charge in [-0.2, -0.15) is 0 Å². The predicted molar refractivity (Wildman–Crippen MR) is 55.5 cm³/mol. The summed E-state index contributed by atoms with van der Waals surface area (Å²) in [6.07, 6.45) is 0.118. The molecule has 82 valence electrons. The van der Waals surface area contributed by atoms with Crippen molar-refractivity contribution >= 4 is 6.09 Å². The van der Waals surface area contributed by atoms with Gasteiger partial charge in [0.15, 0.2) is 0 Å². The van der Waals surface area contributed by atoms with E-state index in [2.05, 4.69) is 26.1 Å². The van der Waals surface area contributed by atoms with Crippen molar-refractivity contribution in [1.29, 1.82) is 0 Å². The van der Waals surface area contributed by atoms with Crippen molar-refractivity contribution in [3.8, 4) is 0 Å². The van der Waals surface area contributed by atoms with Crippen molar-refractivity contribution in [1.82, 2.24) is 10.2 Å². The van der Waals surface area contributed by atoms with Gasteiger partial charge >= 0.3 is 6.09 Å². The Balaban J connectivity index is 2.59. The van der Waals surface area contributed by atoms with Crippen LogP contribution in [0.1, 0.15) is 27.2 Å². The number of hydrogen-bond donors (Lipinski definition) is 2. The molecule has 0 bridgehead atoms.